The van der Waals surface area contributed by atoms with Crippen LogP contribution < -0.4 is 10.1 Å². The molecule has 3 heteroatoms. The van der Waals surface area contributed by atoms with Gasteiger partial charge in [0.1, 0.15) is 12.4 Å². The Morgan fingerprint density at radius 3 is 2.70 bits per heavy atom. The standard InChI is InChI=1S/C17H20ClNO/c1-12-5-4-6-14(9-12)11-20-17-8-7-15(18)10-16(17)13(2)19-3/h4-10,13,19H,11H2,1-3H3. The van der Waals surface area contributed by atoms with E-state index < -0.39 is 0 Å². The Bertz CT molecular complexity index is 583. The van der Waals surface area contributed by atoms with Crippen molar-refractivity contribution in [1.29, 1.82) is 0 Å². The normalized spacial score (nSPS) is 12.2. The van der Waals surface area contributed by atoms with Crippen molar-refractivity contribution in [2.75, 3.05) is 7.05 Å². The zero-order chi connectivity index (χ0) is 14.5. The number of hydrogen-bond donors (Lipinski definition) is 1. The van der Waals surface area contributed by atoms with E-state index in [1.807, 2.05) is 31.3 Å². The summed E-state index contributed by atoms with van der Waals surface area (Å²) in [5, 5.41) is 3.94. The molecular formula is C17H20ClNO. The van der Waals surface area contributed by atoms with Crippen molar-refractivity contribution in [3.05, 3.63) is 64.2 Å². The summed E-state index contributed by atoms with van der Waals surface area (Å²) < 4.78 is 5.96. The van der Waals surface area contributed by atoms with Crippen molar-refractivity contribution in [3.63, 3.8) is 0 Å². The maximum Gasteiger partial charge on any atom is 0.124 e. The smallest absolute Gasteiger partial charge is 0.124 e. The lowest BCUT2D eigenvalue weighted by atomic mass is 10.1. The molecule has 1 unspecified atom stereocenters. The van der Waals surface area contributed by atoms with Gasteiger partial charge in [0.25, 0.3) is 0 Å². The molecule has 0 saturated heterocycles. The minimum absolute atomic E-state index is 0.196. The molecule has 0 spiro atoms. The van der Waals surface area contributed by atoms with Crippen LogP contribution in [-0.4, -0.2) is 7.05 Å². The lowest BCUT2D eigenvalue weighted by molar-refractivity contribution is 0.300. The van der Waals surface area contributed by atoms with Crippen molar-refractivity contribution in [2.24, 2.45) is 0 Å². The number of nitrogens with one attached hydrogen (secondary N) is 1. The lowest BCUT2D eigenvalue weighted by Gasteiger charge is -2.17. The van der Waals surface area contributed by atoms with Crippen LogP contribution in [0.3, 0.4) is 0 Å². The predicted molar refractivity (Wildman–Crippen MR) is 84.4 cm³/mol. The van der Waals surface area contributed by atoms with Crippen LogP contribution in [0.5, 0.6) is 5.75 Å². The fraction of sp³-hybridized carbons (Fsp3) is 0.294. The quantitative estimate of drug-likeness (QED) is 0.874. The summed E-state index contributed by atoms with van der Waals surface area (Å²) in [6.45, 7) is 4.73. The first-order chi connectivity index (χ1) is 9.60. The Balaban J connectivity index is 2.16. The zero-order valence-electron chi connectivity index (χ0n) is 12.1. The number of aryl methyl sites for hydroxylation is 1. The summed E-state index contributed by atoms with van der Waals surface area (Å²) in [5.41, 5.74) is 3.49. The topological polar surface area (TPSA) is 21.3 Å². The van der Waals surface area contributed by atoms with Gasteiger partial charge in [-0.3, -0.25) is 0 Å². The molecule has 0 heterocycles. The van der Waals surface area contributed by atoms with Gasteiger partial charge in [-0.25, -0.2) is 0 Å². The fourth-order valence-electron chi connectivity index (χ4n) is 2.11. The molecule has 2 nitrogen and oxygen atoms in total. The van der Waals surface area contributed by atoms with Gasteiger partial charge in [0, 0.05) is 16.6 Å². The maximum absolute atomic E-state index is 6.07. The van der Waals surface area contributed by atoms with Crippen LogP contribution in [-0.2, 0) is 6.61 Å². The molecule has 20 heavy (non-hydrogen) atoms. The van der Waals surface area contributed by atoms with Gasteiger partial charge in [0.05, 0.1) is 0 Å². The number of rotatable bonds is 5. The zero-order valence-corrected chi connectivity index (χ0v) is 12.9. The van der Waals surface area contributed by atoms with Crippen molar-refractivity contribution in [1.82, 2.24) is 5.32 Å². The third-order valence-electron chi connectivity index (χ3n) is 3.35. The molecule has 0 radical (unpaired) electrons. The third-order valence-corrected chi connectivity index (χ3v) is 3.58. The van der Waals surface area contributed by atoms with Gasteiger partial charge in [-0.05, 0) is 44.7 Å². The summed E-state index contributed by atoms with van der Waals surface area (Å²) in [6, 6.07) is 14.3. The van der Waals surface area contributed by atoms with Gasteiger partial charge in [-0.15, -0.1) is 0 Å². The molecule has 1 N–H and O–H groups in total. The molecule has 0 bridgehead atoms. The number of hydrogen-bond acceptors (Lipinski definition) is 2. The van der Waals surface area contributed by atoms with E-state index in [0.717, 1.165) is 16.3 Å². The number of halogens is 1. The molecule has 0 aliphatic heterocycles. The first-order valence-corrected chi connectivity index (χ1v) is 7.13. The van der Waals surface area contributed by atoms with Crippen LogP contribution in [0.4, 0.5) is 0 Å². The largest absolute Gasteiger partial charge is 0.489 e. The highest BCUT2D eigenvalue weighted by molar-refractivity contribution is 6.30. The van der Waals surface area contributed by atoms with E-state index in [2.05, 4.69) is 37.4 Å². The monoisotopic (exact) mass is 289 g/mol. The van der Waals surface area contributed by atoms with E-state index in [9.17, 15) is 0 Å². The van der Waals surface area contributed by atoms with E-state index in [-0.39, 0.29) is 6.04 Å². The van der Waals surface area contributed by atoms with E-state index in [1.165, 1.54) is 11.1 Å². The Kier molecular flexibility index (Phi) is 5.05. The summed E-state index contributed by atoms with van der Waals surface area (Å²) in [4.78, 5) is 0. The van der Waals surface area contributed by atoms with Crippen molar-refractivity contribution in [2.45, 2.75) is 26.5 Å². The Hall–Kier alpha value is -1.51. The minimum Gasteiger partial charge on any atom is -0.489 e. The molecule has 0 amide bonds. The van der Waals surface area contributed by atoms with Crippen molar-refractivity contribution in [3.8, 4) is 5.75 Å². The molecule has 2 aromatic carbocycles. The molecule has 2 aromatic rings. The molecular weight excluding hydrogens is 270 g/mol. The molecule has 2 rings (SSSR count). The van der Waals surface area contributed by atoms with E-state index >= 15 is 0 Å². The summed E-state index contributed by atoms with van der Waals surface area (Å²) in [6.07, 6.45) is 0. The molecule has 0 aliphatic carbocycles. The van der Waals surface area contributed by atoms with Gasteiger partial charge in [-0.2, -0.15) is 0 Å². The van der Waals surface area contributed by atoms with Crippen LogP contribution >= 0.6 is 11.6 Å². The second-order valence-corrected chi connectivity index (χ2v) is 5.41. The predicted octanol–water partition coefficient (Wildman–Crippen LogP) is 4.51. The highest BCUT2D eigenvalue weighted by atomic mass is 35.5. The van der Waals surface area contributed by atoms with Crippen molar-refractivity contribution < 1.29 is 4.74 Å². The molecule has 0 aromatic heterocycles. The average molecular weight is 290 g/mol. The summed E-state index contributed by atoms with van der Waals surface area (Å²) >= 11 is 6.07. The molecule has 0 saturated carbocycles. The summed E-state index contributed by atoms with van der Waals surface area (Å²) in [5.74, 6) is 0.873. The van der Waals surface area contributed by atoms with Gasteiger partial charge in [0.15, 0.2) is 0 Å². The number of benzene rings is 2. The van der Waals surface area contributed by atoms with Crippen LogP contribution in [0.25, 0.3) is 0 Å². The Morgan fingerprint density at radius 2 is 2.00 bits per heavy atom. The van der Waals surface area contributed by atoms with Crippen LogP contribution in [0.1, 0.15) is 29.7 Å². The Morgan fingerprint density at radius 1 is 1.20 bits per heavy atom. The van der Waals surface area contributed by atoms with Gasteiger partial charge < -0.3 is 10.1 Å². The second-order valence-electron chi connectivity index (χ2n) is 4.97. The van der Waals surface area contributed by atoms with Crippen LogP contribution in [0, 0.1) is 6.92 Å². The third kappa shape index (κ3) is 3.75. The molecule has 106 valence electrons. The van der Waals surface area contributed by atoms with E-state index in [4.69, 9.17) is 16.3 Å². The fourth-order valence-corrected chi connectivity index (χ4v) is 2.29. The SMILES string of the molecule is CNC(C)c1cc(Cl)ccc1OCc1cccc(C)c1. The maximum atomic E-state index is 6.07. The van der Waals surface area contributed by atoms with Gasteiger partial charge in [-0.1, -0.05) is 41.4 Å². The molecule has 0 fully saturated rings. The molecule has 0 aliphatic rings. The first kappa shape index (κ1) is 14.9. The Labute approximate surface area is 125 Å². The minimum atomic E-state index is 0.196. The van der Waals surface area contributed by atoms with Gasteiger partial charge >= 0.3 is 0 Å². The highest BCUT2D eigenvalue weighted by Crippen LogP contribution is 2.28. The summed E-state index contributed by atoms with van der Waals surface area (Å²) in [7, 11) is 1.93. The first-order valence-electron chi connectivity index (χ1n) is 6.75. The highest BCUT2D eigenvalue weighted by Gasteiger charge is 2.11. The second kappa shape index (κ2) is 6.78. The van der Waals surface area contributed by atoms with E-state index in [1.54, 1.807) is 0 Å². The lowest BCUT2D eigenvalue weighted by Crippen LogP contribution is -2.13. The van der Waals surface area contributed by atoms with E-state index in [0.29, 0.717) is 6.61 Å². The molecule has 1 atom stereocenters. The van der Waals surface area contributed by atoms with Crippen LogP contribution in [0.15, 0.2) is 42.5 Å². The van der Waals surface area contributed by atoms with Crippen molar-refractivity contribution >= 4 is 11.6 Å². The van der Waals surface area contributed by atoms with Gasteiger partial charge in [0.2, 0.25) is 0 Å². The average Bonchev–Trinajstić information content (AvgIpc) is 2.45. The number of ether oxygens (including phenoxy) is 1. The van der Waals surface area contributed by atoms with Crippen LogP contribution in [0.2, 0.25) is 5.02 Å².